The molecule has 1 amide bonds. The fourth-order valence-corrected chi connectivity index (χ4v) is 3.28. The number of carboxylic acid groups (broad SMARTS) is 1. The second-order valence-corrected chi connectivity index (χ2v) is 7.30. The van der Waals surface area contributed by atoms with Gasteiger partial charge in [0.25, 0.3) is 5.91 Å². The second kappa shape index (κ2) is 7.83. The minimum atomic E-state index is -1.42. The number of fused-ring (bicyclic) bond motifs is 1. The van der Waals surface area contributed by atoms with Gasteiger partial charge in [-0.3, -0.25) is 4.79 Å². The van der Waals surface area contributed by atoms with Crippen molar-refractivity contribution in [2.75, 3.05) is 11.4 Å². The second-order valence-electron chi connectivity index (χ2n) is 7.30. The van der Waals surface area contributed by atoms with Crippen molar-refractivity contribution in [3.63, 3.8) is 0 Å². The van der Waals surface area contributed by atoms with Gasteiger partial charge in [-0.15, -0.1) is 0 Å². The van der Waals surface area contributed by atoms with Gasteiger partial charge in [-0.1, -0.05) is 42.5 Å². The molecule has 0 spiro atoms. The van der Waals surface area contributed by atoms with Crippen LogP contribution < -0.4 is 10.2 Å². The molecule has 6 heteroatoms. The summed E-state index contributed by atoms with van der Waals surface area (Å²) in [5.74, 6) is -1.52. The number of carbonyl (C=O) groups is 2. The van der Waals surface area contributed by atoms with E-state index in [4.69, 9.17) is 0 Å². The number of phenolic OH excluding ortho intramolecular Hbond substituents is 1. The molecule has 0 aliphatic carbocycles. The summed E-state index contributed by atoms with van der Waals surface area (Å²) in [6, 6.07) is 18.1. The molecule has 0 aliphatic rings. The summed E-state index contributed by atoms with van der Waals surface area (Å²) in [5.41, 5.74) is 0.0955. The Morgan fingerprint density at radius 2 is 1.66 bits per heavy atom. The Morgan fingerprint density at radius 3 is 2.31 bits per heavy atom. The third-order valence-corrected chi connectivity index (χ3v) is 4.86. The SMILES string of the molecule is CCN(c1ccccc1O)c1c(C(=O)NC(C)(C)C(=O)O)ccc2ccccc12. The summed E-state index contributed by atoms with van der Waals surface area (Å²) in [6.07, 6.45) is 0. The van der Waals surface area contributed by atoms with E-state index in [1.807, 2.05) is 48.2 Å². The maximum atomic E-state index is 13.1. The van der Waals surface area contributed by atoms with E-state index in [1.165, 1.54) is 13.8 Å². The Kier molecular flexibility index (Phi) is 5.46. The molecule has 150 valence electrons. The molecule has 0 saturated heterocycles. The Hall–Kier alpha value is -3.54. The highest BCUT2D eigenvalue weighted by Crippen LogP contribution is 2.39. The molecule has 0 fully saturated rings. The van der Waals surface area contributed by atoms with Gasteiger partial charge >= 0.3 is 5.97 Å². The van der Waals surface area contributed by atoms with Crippen LogP contribution >= 0.6 is 0 Å². The average Bonchev–Trinajstić information content (AvgIpc) is 2.69. The maximum absolute atomic E-state index is 13.1. The van der Waals surface area contributed by atoms with E-state index in [-0.39, 0.29) is 5.75 Å². The zero-order valence-corrected chi connectivity index (χ0v) is 16.6. The Balaban J connectivity index is 2.23. The van der Waals surface area contributed by atoms with E-state index in [9.17, 15) is 19.8 Å². The lowest BCUT2D eigenvalue weighted by Crippen LogP contribution is -2.49. The molecule has 0 aliphatic heterocycles. The van der Waals surface area contributed by atoms with Gasteiger partial charge in [0.1, 0.15) is 11.3 Å². The van der Waals surface area contributed by atoms with E-state index in [2.05, 4.69) is 5.32 Å². The zero-order valence-electron chi connectivity index (χ0n) is 16.6. The van der Waals surface area contributed by atoms with Crippen LogP contribution in [0.2, 0.25) is 0 Å². The van der Waals surface area contributed by atoms with E-state index >= 15 is 0 Å². The Morgan fingerprint density at radius 1 is 1.00 bits per heavy atom. The first-order valence-corrected chi connectivity index (χ1v) is 9.39. The van der Waals surface area contributed by atoms with Gasteiger partial charge in [0.05, 0.1) is 16.9 Å². The van der Waals surface area contributed by atoms with Crippen LogP contribution in [-0.4, -0.2) is 34.2 Å². The number of hydrogen-bond acceptors (Lipinski definition) is 4. The number of anilines is 2. The number of nitrogens with zero attached hydrogens (tertiary/aromatic N) is 1. The zero-order chi connectivity index (χ0) is 21.2. The van der Waals surface area contributed by atoms with Crippen LogP contribution in [0.25, 0.3) is 10.8 Å². The van der Waals surface area contributed by atoms with E-state index in [1.54, 1.807) is 24.3 Å². The molecule has 0 heterocycles. The smallest absolute Gasteiger partial charge is 0.328 e. The molecule has 0 radical (unpaired) electrons. The van der Waals surface area contributed by atoms with Gasteiger partial charge in [-0.2, -0.15) is 0 Å². The summed E-state index contributed by atoms with van der Waals surface area (Å²) in [4.78, 5) is 26.4. The fraction of sp³-hybridized carbons (Fsp3) is 0.217. The number of aliphatic carboxylic acids is 1. The fourth-order valence-electron chi connectivity index (χ4n) is 3.28. The lowest BCUT2D eigenvalue weighted by molar-refractivity contribution is -0.143. The predicted octanol–water partition coefficient (Wildman–Crippen LogP) is 4.30. The lowest BCUT2D eigenvalue weighted by atomic mass is 9.99. The monoisotopic (exact) mass is 392 g/mol. The van der Waals surface area contributed by atoms with Crippen molar-refractivity contribution < 1.29 is 19.8 Å². The first kappa shape index (κ1) is 20.2. The van der Waals surface area contributed by atoms with Crippen LogP contribution in [0.5, 0.6) is 5.75 Å². The standard InChI is InChI=1S/C23H24N2O4/c1-4-25(18-11-7-8-12-19(18)26)20-16-10-6-5-9-15(16)13-14-17(20)21(27)24-23(2,3)22(28)29/h5-14,26H,4H2,1-3H3,(H,24,27)(H,28,29). The minimum Gasteiger partial charge on any atom is -0.506 e. The van der Waals surface area contributed by atoms with E-state index in [0.717, 1.165) is 10.8 Å². The molecule has 0 unspecified atom stereocenters. The number of carboxylic acids is 1. The average molecular weight is 392 g/mol. The van der Waals surface area contributed by atoms with Gasteiger partial charge in [0, 0.05) is 11.9 Å². The van der Waals surface area contributed by atoms with Gasteiger partial charge in [-0.25, -0.2) is 4.79 Å². The number of hydrogen-bond donors (Lipinski definition) is 3. The largest absolute Gasteiger partial charge is 0.506 e. The van der Waals surface area contributed by atoms with E-state index in [0.29, 0.717) is 23.5 Å². The van der Waals surface area contributed by atoms with Crippen molar-refractivity contribution in [1.29, 1.82) is 0 Å². The highest BCUT2D eigenvalue weighted by atomic mass is 16.4. The van der Waals surface area contributed by atoms with Gasteiger partial charge in [0.15, 0.2) is 0 Å². The number of carbonyl (C=O) groups excluding carboxylic acids is 1. The summed E-state index contributed by atoms with van der Waals surface area (Å²) in [5, 5.41) is 24.2. The quantitative estimate of drug-likeness (QED) is 0.582. The van der Waals surface area contributed by atoms with Crippen molar-refractivity contribution >= 4 is 34.0 Å². The molecule has 3 aromatic carbocycles. The molecule has 0 atom stereocenters. The summed E-state index contributed by atoms with van der Waals surface area (Å²) in [7, 11) is 0. The molecule has 3 N–H and O–H groups in total. The van der Waals surface area contributed by atoms with Crippen LogP contribution in [0.3, 0.4) is 0 Å². The van der Waals surface area contributed by atoms with Crippen molar-refractivity contribution in [1.82, 2.24) is 5.32 Å². The molecular weight excluding hydrogens is 368 g/mol. The summed E-state index contributed by atoms with van der Waals surface area (Å²) >= 11 is 0. The van der Waals surface area contributed by atoms with Crippen LogP contribution in [0.1, 0.15) is 31.1 Å². The number of para-hydroxylation sites is 2. The van der Waals surface area contributed by atoms with Crippen molar-refractivity contribution in [3.05, 3.63) is 66.2 Å². The maximum Gasteiger partial charge on any atom is 0.328 e. The van der Waals surface area contributed by atoms with Crippen molar-refractivity contribution in [3.8, 4) is 5.75 Å². The molecular formula is C23H24N2O4. The Labute approximate surface area is 169 Å². The van der Waals surface area contributed by atoms with Gasteiger partial charge < -0.3 is 20.4 Å². The first-order chi connectivity index (χ1) is 13.8. The van der Waals surface area contributed by atoms with Crippen LogP contribution in [0.4, 0.5) is 11.4 Å². The van der Waals surface area contributed by atoms with Crippen molar-refractivity contribution in [2.24, 2.45) is 0 Å². The molecule has 3 aromatic rings. The summed E-state index contributed by atoms with van der Waals surface area (Å²) < 4.78 is 0. The van der Waals surface area contributed by atoms with Crippen LogP contribution in [0, 0.1) is 0 Å². The number of benzene rings is 3. The van der Waals surface area contributed by atoms with Crippen LogP contribution in [0.15, 0.2) is 60.7 Å². The summed E-state index contributed by atoms with van der Waals surface area (Å²) in [6.45, 7) is 5.30. The van der Waals surface area contributed by atoms with E-state index < -0.39 is 17.4 Å². The van der Waals surface area contributed by atoms with Crippen LogP contribution in [-0.2, 0) is 4.79 Å². The highest BCUT2D eigenvalue weighted by Gasteiger charge is 2.31. The predicted molar refractivity (Wildman–Crippen MR) is 114 cm³/mol. The normalized spacial score (nSPS) is 11.3. The number of aromatic hydroxyl groups is 1. The first-order valence-electron chi connectivity index (χ1n) is 9.39. The van der Waals surface area contributed by atoms with Crippen molar-refractivity contribution in [2.45, 2.75) is 26.3 Å². The minimum absolute atomic E-state index is 0.0968. The number of rotatable bonds is 6. The lowest BCUT2D eigenvalue weighted by Gasteiger charge is -2.29. The molecule has 6 nitrogen and oxygen atoms in total. The van der Waals surface area contributed by atoms with Gasteiger partial charge in [-0.05, 0) is 44.4 Å². The number of phenols is 1. The molecule has 29 heavy (non-hydrogen) atoms. The third-order valence-electron chi connectivity index (χ3n) is 4.86. The topological polar surface area (TPSA) is 89.9 Å². The number of amides is 1. The van der Waals surface area contributed by atoms with Gasteiger partial charge in [0.2, 0.25) is 0 Å². The molecule has 0 saturated carbocycles. The third kappa shape index (κ3) is 3.87. The molecule has 0 bridgehead atoms. The number of nitrogens with one attached hydrogen (secondary N) is 1. The Bertz CT molecular complexity index is 1080. The highest BCUT2D eigenvalue weighted by molar-refractivity contribution is 6.10. The molecule has 3 rings (SSSR count). The molecule has 0 aromatic heterocycles.